The van der Waals surface area contributed by atoms with Gasteiger partial charge >= 0.3 is 11.9 Å². The van der Waals surface area contributed by atoms with E-state index in [2.05, 4.69) is 20.9 Å². The summed E-state index contributed by atoms with van der Waals surface area (Å²) in [6, 6.07) is 18.3. The van der Waals surface area contributed by atoms with Crippen LogP contribution in [-0.2, 0) is 9.47 Å². The van der Waals surface area contributed by atoms with Crippen molar-refractivity contribution in [2.75, 3.05) is 13.2 Å². The lowest BCUT2D eigenvalue weighted by Gasteiger charge is -2.08. The van der Waals surface area contributed by atoms with E-state index in [-0.39, 0.29) is 11.9 Å². The molecule has 0 atom stereocenters. The zero-order valence-corrected chi connectivity index (χ0v) is 17.9. The summed E-state index contributed by atoms with van der Waals surface area (Å²) in [4.78, 5) is 27.1. The van der Waals surface area contributed by atoms with Crippen LogP contribution in [0.5, 0.6) is 0 Å². The smallest absolute Gasteiger partial charge is 0.339 e. The van der Waals surface area contributed by atoms with Crippen molar-refractivity contribution >= 4 is 27.9 Å². The largest absolute Gasteiger partial charge is 0.462 e. The van der Waals surface area contributed by atoms with Gasteiger partial charge < -0.3 is 9.47 Å². The minimum Gasteiger partial charge on any atom is -0.462 e. The Balaban J connectivity index is 0.000000221. The van der Waals surface area contributed by atoms with Gasteiger partial charge in [0, 0.05) is 22.4 Å². The van der Waals surface area contributed by atoms with Gasteiger partial charge in [0.2, 0.25) is 0 Å². The summed E-state index contributed by atoms with van der Waals surface area (Å²) in [7, 11) is 0. The number of carbonyl (C=O) groups excluding carboxylic acids is 2. The monoisotopic (exact) mass is 455 g/mol. The molecule has 2 aromatic carbocycles. The van der Waals surface area contributed by atoms with Crippen LogP contribution >= 0.6 is 15.9 Å². The van der Waals surface area contributed by atoms with E-state index >= 15 is 0 Å². The number of halogens is 1. The fourth-order valence-electron chi connectivity index (χ4n) is 2.48. The van der Waals surface area contributed by atoms with Crippen LogP contribution in [0.4, 0.5) is 0 Å². The Morgan fingerprint density at radius 3 is 2.00 bits per heavy atom. The average molecular weight is 456 g/mol. The highest BCUT2D eigenvalue weighted by Gasteiger charge is 2.12. The average Bonchev–Trinajstić information content (AvgIpc) is 2.75. The lowest BCUT2D eigenvalue weighted by atomic mass is 10.0. The molecule has 1 heterocycles. The van der Waals surface area contributed by atoms with Crippen LogP contribution in [0.15, 0.2) is 77.5 Å². The van der Waals surface area contributed by atoms with E-state index in [4.69, 9.17) is 9.47 Å². The van der Waals surface area contributed by atoms with Crippen LogP contribution in [0.1, 0.15) is 34.6 Å². The molecule has 29 heavy (non-hydrogen) atoms. The van der Waals surface area contributed by atoms with E-state index in [0.29, 0.717) is 24.3 Å². The zero-order chi connectivity index (χ0) is 21.1. The number of benzene rings is 2. The molecule has 0 aliphatic carbocycles. The highest BCUT2D eigenvalue weighted by molar-refractivity contribution is 9.10. The molecule has 0 radical (unpaired) electrons. The van der Waals surface area contributed by atoms with Gasteiger partial charge in [-0.1, -0.05) is 36.4 Å². The number of aromatic nitrogens is 1. The Hall–Kier alpha value is -2.99. The molecule has 1 aromatic heterocycles. The predicted octanol–water partition coefficient (Wildman–Crippen LogP) is 5.55. The van der Waals surface area contributed by atoms with Gasteiger partial charge in [0.15, 0.2) is 0 Å². The first-order valence-electron chi connectivity index (χ1n) is 9.16. The van der Waals surface area contributed by atoms with Gasteiger partial charge in [0.1, 0.15) is 0 Å². The third kappa shape index (κ3) is 6.54. The summed E-state index contributed by atoms with van der Waals surface area (Å²) in [5, 5.41) is 0. The van der Waals surface area contributed by atoms with Gasteiger partial charge in [0.25, 0.3) is 0 Å². The topological polar surface area (TPSA) is 65.5 Å². The number of carbonyl (C=O) groups is 2. The first kappa shape index (κ1) is 22.3. The number of hydrogen-bond donors (Lipinski definition) is 0. The highest BCUT2D eigenvalue weighted by atomic mass is 79.9. The van der Waals surface area contributed by atoms with Crippen LogP contribution < -0.4 is 0 Å². The lowest BCUT2D eigenvalue weighted by molar-refractivity contribution is 0.0516. The fraction of sp³-hybridized carbons (Fsp3) is 0.174. The maximum Gasteiger partial charge on any atom is 0.339 e. The van der Waals surface area contributed by atoms with Crippen LogP contribution in [0.25, 0.3) is 11.1 Å². The van der Waals surface area contributed by atoms with Gasteiger partial charge in [-0.25, -0.2) is 9.59 Å². The number of pyridine rings is 1. The maximum atomic E-state index is 11.8. The molecule has 0 fully saturated rings. The second-order valence-corrected chi connectivity index (χ2v) is 6.56. The Morgan fingerprint density at radius 1 is 0.828 bits per heavy atom. The molecule has 150 valence electrons. The van der Waals surface area contributed by atoms with Crippen LogP contribution in [0.2, 0.25) is 0 Å². The third-order valence-electron chi connectivity index (χ3n) is 3.76. The van der Waals surface area contributed by atoms with E-state index in [9.17, 15) is 9.59 Å². The summed E-state index contributed by atoms with van der Waals surface area (Å²) in [6.07, 6.45) is 3.44. The van der Waals surface area contributed by atoms with E-state index in [1.165, 1.54) is 0 Å². The van der Waals surface area contributed by atoms with Gasteiger partial charge in [-0.3, -0.25) is 4.98 Å². The molecule has 0 amide bonds. The van der Waals surface area contributed by atoms with E-state index in [1.807, 2.05) is 42.5 Å². The first-order chi connectivity index (χ1) is 14.1. The number of hydrogen-bond acceptors (Lipinski definition) is 5. The Bertz CT molecular complexity index is 944. The van der Waals surface area contributed by atoms with E-state index < -0.39 is 0 Å². The number of esters is 2. The standard InChI is InChI=1S/C14H13NO2.C9H9BrO2/c1-2-17-14(16)13-8-4-3-7-12(13)11-6-5-9-15-10-11;1-2-12-9(11)7-5-3-4-6-8(7)10/h3-10H,2H2,1H3;3-6H,2H2,1H3. The van der Waals surface area contributed by atoms with Crippen molar-refractivity contribution in [3.8, 4) is 11.1 Å². The predicted molar refractivity (Wildman–Crippen MR) is 116 cm³/mol. The van der Waals surface area contributed by atoms with E-state index in [0.717, 1.165) is 15.6 Å². The molecule has 0 aliphatic heterocycles. The number of nitrogens with zero attached hydrogens (tertiary/aromatic N) is 1. The molecular formula is C23H22BrNO4. The Labute approximate surface area is 178 Å². The molecule has 3 rings (SSSR count). The van der Waals surface area contributed by atoms with Crippen molar-refractivity contribution in [1.82, 2.24) is 4.98 Å². The summed E-state index contributed by atoms with van der Waals surface area (Å²) < 4.78 is 10.6. The Kier molecular flexibility index (Phi) is 9.05. The summed E-state index contributed by atoms with van der Waals surface area (Å²) in [6.45, 7) is 4.36. The molecule has 0 saturated carbocycles. The molecule has 6 heteroatoms. The normalized spacial score (nSPS) is 9.76. The van der Waals surface area contributed by atoms with Crippen LogP contribution in [0.3, 0.4) is 0 Å². The molecule has 0 saturated heterocycles. The fourth-order valence-corrected chi connectivity index (χ4v) is 2.93. The molecule has 0 N–H and O–H groups in total. The SMILES string of the molecule is CCOC(=O)c1ccccc1-c1cccnc1.CCOC(=O)c1ccccc1Br. The molecule has 5 nitrogen and oxygen atoms in total. The molecule has 0 unspecified atom stereocenters. The minimum atomic E-state index is -0.299. The summed E-state index contributed by atoms with van der Waals surface area (Å²) in [5.74, 6) is -0.586. The van der Waals surface area contributed by atoms with Crippen molar-refractivity contribution in [3.63, 3.8) is 0 Å². The molecule has 0 bridgehead atoms. The Morgan fingerprint density at radius 2 is 1.41 bits per heavy atom. The third-order valence-corrected chi connectivity index (χ3v) is 4.46. The number of rotatable bonds is 5. The van der Waals surface area contributed by atoms with Gasteiger partial charge in [-0.15, -0.1) is 0 Å². The van der Waals surface area contributed by atoms with Gasteiger partial charge in [-0.05, 0) is 59.6 Å². The minimum absolute atomic E-state index is 0.287. The van der Waals surface area contributed by atoms with Crippen molar-refractivity contribution in [2.45, 2.75) is 13.8 Å². The van der Waals surface area contributed by atoms with Crippen LogP contribution in [0, 0.1) is 0 Å². The molecular weight excluding hydrogens is 434 g/mol. The molecule has 3 aromatic rings. The highest BCUT2D eigenvalue weighted by Crippen LogP contribution is 2.23. The van der Waals surface area contributed by atoms with E-state index in [1.54, 1.807) is 44.4 Å². The molecule has 0 aliphatic rings. The molecule has 0 spiro atoms. The van der Waals surface area contributed by atoms with Gasteiger partial charge in [0.05, 0.1) is 24.3 Å². The number of ether oxygens (including phenoxy) is 2. The van der Waals surface area contributed by atoms with Crippen molar-refractivity contribution < 1.29 is 19.1 Å². The zero-order valence-electron chi connectivity index (χ0n) is 16.3. The van der Waals surface area contributed by atoms with Crippen LogP contribution in [-0.4, -0.2) is 30.1 Å². The van der Waals surface area contributed by atoms with Gasteiger partial charge in [-0.2, -0.15) is 0 Å². The van der Waals surface area contributed by atoms with Crippen molar-refractivity contribution in [2.24, 2.45) is 0 Å². The lowest BCUT2D eigenvalue weighted by Crippen LogP contribution is -2.06. The van der Waals surface area contributed by atoms with Crippen molar-refractivity contribution in [1.29, 1.82) is 0 Å². The first-order valence-corrected chi connectivity index (χ1v) is 9.96. The summed E-state index contributed by atoms with van der Waals surface area (Å²) in [5.41, 5.74) is 2.90. The quantitative estimate of drug-likeness (QED) is 0.471. The summed E-state index contributed by atoms with van der Waals surface area (Å²) >= 11 is 3.27. The second kappa shape index (κ2) is 11.8. The van der Waals surface area contributed by atoms with Crippen molar-refractivity contribution in [3.05, 3.63) is 88.7 Å². The maximum absolute atomic E-state index is 11.8. The second-order valence-electron chi connectivity index (χ2n) is 5.71.